The number of thiophene rings is 1. The van der Waals surface area contributed by atoms with E-state index in [4.69, 9.17) is 20.8 Å². The Morgan fingerprint density at radius 2 is 2.07 bits per heavy atom. The normalized spacial score (nSPS) is 15.8. The second-order valence-corrected chi connectivity index (χ2v) is 8.47. The van der Waals surface area contributed by atoms with Crippen molar-refractivity contribution in [1.29, 1.82) is 0 Å². The van der Waals surface area contributed by atoms with Gasteiger partial charge >= 0.3 is 0 Å². The Hall–Kier alpha value is -2.19. The molecular formula is C22H24ClN3O3S. The average Bonchev–Trinajstić information content (AvgIpc) is 3.46. The van der Waals surface area contributed by atoms with E-state index in [1.54, 1.807) is 17.5 Å². The molecule has 1 aliphatic rings. The predicted octanol–water partition coefficient (Wildman–Crippen LogP) is 4.18. The number of aromatic nitrogens is 1. The van der Waals surface area contributed by atoms with Crippen molar-refractivity contribution in [3.05, 3.63) is 63.8 Å². The van der Waals surface area contributed by atoms with Crippen molar-refractivity contribution in [2.45, 2.75) is 18.9 Å². The first-order valence-electron chi connectivity index (χ1n) is 10.0. The van der Waals surface area contributed by atoms with Crippen LogP contribution in [0.15, 0.2) is 52.4 Å². The molecule has 1 amide bonds. The molecule has 4 rings (SSSR count). The van der Waals surface area contributed by atoms with Crippen LogP contribution < -0.4 is 5.32 Å². The number of oxazole rings is 1. The van der Waals surface area contributed by atoms with Gasteiger partial charge < -0.3 is 14.5 Å². The summed E-state index contributed by atoms with van der Waals surface area (Å²) in [7, 11) is 0. The molecule has 0 radical (unpaired) electrons. The summed E-state index contributed by atoms with van der Waals surface area (Å²) in [4.78, 5) is 20.4. The zero-order valence-electron chi connectivity index (χ0n) is 16.6. The number of rotatable bonds is 8. The molecule has 1 fully saturated rings. The van der Waals surface area contributed by atoms with Gasteiger partial charge in [0.05, 0.1) is 30.5 Å². The van der Waals surface area contributed by atoms with Crippen LogP contribution in [-0.2, 0) is 16.0 Å². The summed E-state index contributed by atoms with van der Waals surface area (Å²) in [5, 5.41) is 5.77. The van der Waals surface area contributed by atoms with E-state index in [9.17, 15) is 4.79 Å². The minimum absolute atomic E-state index is 0.0118. The monoisotopic (exact) mass is 445 g/mol. The molecule has 0 aliphatic carbocycles. The lowest BCUT2D eigenvalue weighted by atomic mass is 10.2. The van der Waals surface area contributed by atoms with Gasteiger partial charge in [-0.05, 0) is 23.6 Å². The van der Waals surface area contributed by atoms with E-state index in [1.807, 2.05) is 24.3 Å². The Morgan fingerprint density at radius 1 is 1.23 bits per heavy atom. The zero-order valence-corrected chi connectivity index (χ0v) is 18.1. The Morgan fingerprint density at radius 3 is 2.83 bits per heavy atom. The van der Waals surface area contributed by atoms with Crippen molar-refractivity contribution in [2.75, 3.05) is 32.8 Å². The number of aryl methyl sites for hydroxylation is 1. The summed E-state index contributed by atoms with van der Waals surface area (Å²) in [6.07, 6.45) is 2.42. The lowest BCUT2D eigenvalue weighted by Crippen LogP contribution is -2.43. The molecule has 1 unspecified atom stereocenters. The SMILES string of the molecule is O=C(CCc1ncc(-c2ccccc2Cl)o1)NCC(c1cccs1)N1CCOCC1. The molecule has 3 aromatic rings. The van der Waals surface area contributed by atoms with Crippen LogP contribution in [0.1, 0.15) is 23.2 Å². The number of nitrogens with zero attached hydrogens (tertiary/aromatic N) is 2. The quantitative estimate of drug-likeness (QED) is 0.563. The van der Waals surface area contributed by atoms with E-state index < -0.39 is 0 Å². The number of ether oxygens (including phenoxy) is 1. The van der Waals surface area contributed by atoms with Gasteiger partial charge in [0, 0.05) is 42.9 Å². The van der Waals surface area contributed by atoms with Crippen LogP contribution in [0.3, 0.4) is 0 Å². The molecule has 3 heterocycles. The van der Waals surface area contributed by atoms with Crippen molar-refractivity contribution >= 4 is 28.8 Å². The maximum Gasteiger partial charge on any atom is 0.220 e. The van der Waals surface area contributed by atoms with E-state index in [0.717, 1.165) is 31.9 Å². The number of hydrogen-bond acceptors (Lipinski definition) is 6. The van der Waals surface area contributed by atoms with Gasteiger partial charge in [-0.2, -0.15) is 0 Å². The molecule has 0 saturated carbocycles. The van der Waals surface area contributed by atoms with E-state index in [0.29, 0.717) is 36.1 Å². The van der Waals surface area contributed by atoms with Crippen molar-refractivity contribution < 1.29 is 13.9 Å². The standard InChI is InChI=1S/C22H24ClN3O3S/c23-17-5-2-1-4-16(17)19-15-25-22(29-19)8-7-21(27)24-14-18(20-6-3-13-30-20)26-9-11-28-12-10-26/h1-6,13,15,18H,7-12,14H2,(H,24,27). The number of halogens is 1. The minimum Gasteiger partial charge on any atom is -0.441 e. The molecule has 0 spiro atoms. The second kappa shape index (κ2) is 10.2. The number of nitrogens with one attached hydrogen (secondary N) is 1. The minimum atomic E-state index is -0.0118. The largest absolute Gasteiger partial charge is 0.441 e. The van der Waals surface area contributed by atoms with Gasteiger partial charge in [-0.15, -0.1) is 11.3 Å². The Bertz CT molecular complexity index is 954. The van der Waals surface area contributed by atoms with Crippen molar-refractivity contribution in [1.82, 2.24) is 15.2 Å². The molecule has 158 valence electrons. The Labute approximate surface area is 184 Å². The van der Waals surface area contributed by atoms with E-state index >= 15 is 0 Å². The van der Waals surface area contributed by atoms with Gasteiger partial charge in [-0.3, -0.25) is 9.69 Å². The predicted molar refractivity (Wildman–Crippen MR) is 118 cm³/mol. The topological polar surface area (TPSA) is 67.6 Å². The number of carbonyl (C=O) groups excluding carboxylic acids is 1. The first-order valence-corrected chi connectivity index (χ1v) is 11.3. The van der Waals surface area contributed by atoms with Crippen LogP contribution in [0.5, 0.6) is 0 Å². The Kier molecular flexibility index (Phi) is 7.17. The summed E-state index contributed by atoms with van der Waals surface area (Å²) in [6, 6.07) is 11.8. The third-order valence-electron chi connectivity index (χ3n) is 5.11. The fraction of sp³-hybridized carbons (Fsp3) is 0.364. The van der Waals surface area contributed by atoms with Crippen molar-refractivity contribution in [2.24, 2.45) is 0 Å². The van der Waals surface area contributed by atoms with Crippen molar-refractivity contribution in [3.8, 4) is 11.3 Å². The van der Waals surface area contributed by atoms with Gasteiger partial charge in [-0.25, -0.2) is 4.98 Å². The summed E-state index contributed by atoms with van der Waals surface area (Å²) in [5.41, 5.74) is 0.798. The molecule has 8 heteroatoms. The molecule has 0 bridgehead atoms. The molecule has 2 aromatic heterocycles. The van der Waals surface area contributed by atoms with Gasteiger partial charge in [0.25, 0.3) is 0 Å². The number of hydrogen-bond donors (Lipinski definition) is 1. The fourth-order valence-corrected chi connectivity index (χ4v) is 4.60. The van der Waals surface area contributed by atoms with Gasteiger partial charge in [0.15, 0.2) is 11.7 Å². The molecule has 6 nitrogen and oxygen atoms in total. The zero-order chi connectivity index (χ0) is 20.8. The summed E-state index contributed by atoms with van der Waals surface area (Å²) >= 11 is 7.93. The highest BCUT2D eigenvalue weighted by molar-refractivity contribution is 7.10. The van der Waals surface area contributed by atoms with Crippen LogP contribution in [-0.4, -0.2) is 48.6 Å². The molecule has 1 saturated heterocycles. The van der Waals surface area contributed by atoms with Gasteiger partial charge in [0.1, 0.15) is 0 Å². The summed E-state index contributed by atoms with van der Waals surface area (Å²) in [6.45, 7) is 3.79. The van der Waals surface area contributed by atoms with Crippen LogP contribution in [0, 0.1) is 0 Å². The smallest absolute Gasteiger partial charge is 0.220 e. The molecule has 1 atom stereocenters. The highest BCUT2D eigenvalue weighted by atomic mass is 35.5. The number of morpholine rings is 1. The van der Waals surface area contributed by atoms with Crippen LogP contribution in [0.2, 0.25) is 5.02 Å². The number of benzene rings is 1. The summed E-state index contributed by atoms with van der Waals surface area (Å²) in [5.74, 6) is 1.13. The fourth-order valence-electron chi connectivity index (χ4n) is 3.51. The van der Waals surface area contributed by atoms with Gasteiger partial charge in [0.2, 0.25) is 5.91 Å². The van der Waals surface area contributed by atoms with Crippen molar-refractivity contribution in [3.63, 3.8) is 0 Å². The van der Waals surface area contributed by atoms with Crippen LogP contribution >= 0.6 is 22.9 Å². The van der Waals surface area contributed by atoms with E-state index in [2.05, 4.69) is 32.7 Å². The van der Waals surface area contributed by atoms with E-state index in [1.165, 1.54) is 4.88 Å². The maximum atomic E-state index is 12.5. The molecule has 30 heavy (non-hydrogen) atoms. The molecule has 1 aromatic carbocycles. The molecule has 1 aliphatic heterocycles. The summed E-state index contributed by atoms with van der Waals surface area (Å²) < 4.78 is 11.3. The molecule has 1 N–H and O–H groups in total. The average molecular weight is 446 g/mol. The van der Waals surface area contributed by atoms with Crippen LogP contribution in [0.4, 0.5) is 0 Å². The van der Waals surface area contributed by atoms with Gasteiger partial charge in [-0.1, -0.05) is 29.8 Å². The van der Waals surface area contributed by atoms with E-state index in [-0.39, 0.29) is 11.9 Å². The number of amides is 1. The lowest BCUT2D eigenvalue weighted by Gasteiger charge is -2.34. The maximum absolute atomic E-state index is 12.5. The molecular weight excluding hydrogens is 422 g/mol. The highest BCUT2D eigenvalue weighted by Crippen LogP contribution is 2.28. The first kappa shape index (κ1) is 21.1. The van der Waals surface area contributed by atoms with Crippen LogP contribution in [0.25, 0.3) is 11.3 Å². The second-order valence-electron chi connectivity index (χ2n) is 7.08. The lowest BCUT2D eigenvalue weighted by molar-refractivity contribution is -0.121. The third kappa shape index (κ3) is 5.29. The first-order chi connectivity index (χ1) is 14.7. The third-order valence-corrected chi connectivity index (χ3v) is 6.41. The highest BCUT2D eigenvalue weighted by Gasteiger charge is 2.24. The number of carbonyl (C=O) groups is 1. The Balaban J connectivity index is 1.30.